The van der Waals surface area contributed by atoms with Crippen LogP contribution in [0.4, 0.5) is 0 Å². The minimum Gasteiger partial charge on any atom is -0.493 e. The summed E-state index contributed by atoms with van der Waals surface area (Å²) in [5.74, 6) is 0.925. The molecule has 0 atom stereocenters. The molecule has 1 aliphatic heterocycles. The third-order valence-corrected chi connectivity index (χ3v) is 8.73. The lowest BCUT2D eigenvalue weighted by atomic mass is 9.98. The highest BCUT2D eigenvalue weighted by atomic mass is 16.5. The number of likely N-dealkylation sites (N-methyl/N-ethyl adjacent to an activating group) is 1. The molecule has 1 N–H and O–H groups in total. The normalized spacial score (nSPS) is 14.4. The largest absolute Gasteiger partial charge is 0.493 e. The van der Waals surface area contributed by atoms with Crippen LogP contribution < -0.4 is 4.74 Å². The monoisotopic (exact) mass is 567 g/mol. The molecule has 0 saturated carbocycles. The lowest BCUT2D eigenvalue weighted by Crippen LogP contribution is -2.45. The van der Waals surface area contributed by atoms with Gasteiger partial charge in [0.25, 0.3) is 0 Å². The maximum absolute atomic E-state index is 6.58. The first-order valence-electron chi connectivity index (χ1n) is 15.3. The van der Waals surface area contributed by atoms with Gasteiger partial charge in [0, 0.05) is 97.5 Å². The van der Waals surface area contributed by atoms with Gasteiger partial charge in [-0.05, 0) is 52.4 Å². The molecule has 1 saturated heterocycles. The molecule has 7 rings (SSSR count). The molecule has 1 fully saturated rings. The number of H-pyrrole nitrogens is 1. The Morgan fingerprint density at radius 3 is 2.35 bits per heavy atom. The fourth-order valence-electron chi connectivity index (χ4n) is 6.21. The van der Waals surface area contributed by atoms with Crippen LogP contribution in [0, 0.1) is 0 Å². The van der Waals surface area contributed by atoms with Gasteiger partial charge in [0.05, 0.1) is 6.61 Å². The number of nitrogens with one attached hydrogen (secondary N) is 1. The van der Waals surface area contributed by atoms with Crippen LogP contribution in [-0.2, 0) is 13.0 Å². The molecule has 6 aromatic rings. The molecule has 0 aliphatic carbocycles. The number of rotatable bonds is 9. The summed E-state index contributed by atoms with van der Waals surface area (Å²) in [4.78, 5) is 17.2. The summed E-state index contributed by atoms with van der Waals surface area (Å²) in [7, 11) is 0. The van der Waals surface area contributed by atoms with Gasteiger partial charge in [-0.3, -0.25) is 14.9 Å². The Morgan fingerprint density at radius 1 is 0.744 bits per heavy atom. The number of pyridine rings is 2. The highest BCUT2D eigenvalue weighted by molar-refractivity contribution is 5.97. The van der Waals surface area contributed by atoms with Gasteiger partial charge in [-0.15, -0.1) is 0 Å². The number of hydrogen-bond acceptors (Lipinski definition) is 5. The topological polar surface area (TPSA) is 57.3 Å². The summed E-state index contributed by atoms with van der Waals surface area (Å²) in [6, 6.07) is 26.1. The molecular weight excluding hydrogens is 530 g/mol. The van der Waals surface area contributed by atoms with E-state index in [-0.39, 0.29) is 0 Å². The number of aromatic nitrogens is 3. The smallest absolute Gasteiger partial charge is 0.127 e. The second-order valence-electron chi connectivity index (χ2n) is 11.4. The second kappa shape index (κ2) is 12.4. The first-order valence-corrected chi connectivity index (χ1v) is 15.3. The third kappa shape index (κ3) is 5.89. The molecule has 6 nitrogen and oxygen atoms in total. The SMILES string of the molecule is CCN1CCN(Cc2ccc(-c3c[nH]c4ccncc34)c(OCCc3ccc(-c4cccc5ccncc45)cc3)c2)CC1. The van der Waals surface area contributed by atoms with Gasteiger partial charge in [-0.2, -0.15) is 0 Å². The van der Waals surface area contributed by atoms with Gasteiger partial charge >= 0.3 is 0 Å². The summed E-state index contributed by atoms with van der Waals surface area (Å²) in [5, 5.41) is 3.49. The molecule has 0 amide bonds. The number of piperazine rings is 1. The molecule has 6 heteroatoms. The fourth-order valence-corrected chi connectivity index (χ4v) is 6.21. The minimum atomic E-state index is 0.601. The van der Waals surface area contributed by atoms with E-state index in [9.17, 15) is 0 Å². The summed E-state index contributed by atoms with van der Waals surface area (Å²) >= 11 is 0. The molecule has 1 aliphatic rings. The Balaban J connectivity index is 1.09. The van der Waals surface area contributed by atoms with Crippen LogP contribution in [0.1, 0.15) is 18.1 Å². The number of aromatic amines is 1. The maximum atomic E-state index is 6.58. The van der Waals surface area contributed by atoms with Crippen molar-refractivity contribution in [3.63, 3.8) is 0 Å². The van der Waals surface area contributed by atoms with Crippen LogP contribution in [0.2, 0.25) is 0 Å². The van der Waals surface area contributed by atoms with Crippen molar-refractivity contribution in [3.8, 4) is 28.0 Å². The Bertz CT molecular complexity index is 1830. The quantitative estimate of drug-likeness (QED) is 0.200. The zero-order chi connectivity index (χ0) is 29.0. The van der Waals surface area contributed by atoms with Crippen molar-refractivity contribution in [2.24, 2.45) is 0 Å². The Morgan fingerprint density at radius 2 is 1.51 bits per heavy atom. The van der Waals surface area contributed by atoms with Gasteiger partial charge in [-0.1, -0.05) is 61.5 Å². The van der Waals surface area contributed by atoms with Crippen molar-refractivity contribution in [3.05, 3.63) is 115 Å². The third-order valence-electron chi connectivity index (χ3n) is 8.73. The second-order valence-corrected chi connectivity index (χ2v) is 11.4. The first-order chi connectivity index (χ1) is 21.2. The van der Waals surface area contributed by atoms with Gasteiger partial charge in [-0.25, -0.2) is 0 Å². The molecule has 43 heavy (non-hydrogen) atoms. The van der Waals surface area contributed by atoms with E-state index >= 15 is 0 Å². The van der Waals surface area contributed by atoms with Crippen molar-refractivity contribution in [2.75, 3.05) is 39.3 Å². The average Bonchev–Trinajstić information content (AvgIpc) is 3.49. The Hall–Kier alpha value is -4.52. The molecular formula is C37H37N5O. The highest BCUT2D eigenvalue weighted by Gasteiger charge is 2.18. The van der Waals surface area contributed by atoms with E-state index in [1.54, 1.807) is 0 Å². The lowest BCUT2D eigenvalue weighted by molar-refractivity contribution is 0.132. The van der Waals surface area contributed by atoms with Gasteiger partial charge in [0.15, 0.2) is 0 Å². The number of nitrogens with zero attached hydrogens (tertiary/aromatic N) is 4. The fraction of sp³-hybridized carbons (Fsp3) is 0.243. The first kappa shape index (κ1) is 27.3. The van der Waals surface area contributed by atoms with Gasteiger partial charge in [0.1, 0.15) is 5.75 Å². The molecule has 0 unspecified atom stereocenters. The summed E-state index contributed by atoms with van der Waals surface area (Å²) < 4.78 is 6.58. The van der Waals surface area contributed by atoms with E-state index in [0.29, 0.717) is 6.61 Å². The molecule has 4 heterocycles. The van der Waals surface area contributed by atoms with Crippen molar-refractivity contribution in [1.82, 2.24) is 24.8 Å². The van der Waals surface area contributed by atoms with Crippen molar-refractivity contribution in [1.29, 1.82) is 0 Å². The van der Waals surface area contributed by atoms with Crippen molar-refractivity contribution < 1.29 is 4.74 Å². The molecule has 0 radical (unpaired) electrons. The van der Waals surface area contributed by atoms with Crippen LogP contribution >= 0.6 is 0 Å². The lowest BCUT2D eigenvalue weighted by Gasteiger charge is -2.34. The van der Waals surface area contributed by atoms with Crippen LogP contribution in [0.25, 0.3) is 43.9 Å². The summed E-state index contributed by atoms with van der Waals surface area (Å²) in [6.45, 7) is 9.39. The van der Waals surface area contributed by atoms with E-state index in [2.05, 4.69) is 105 Å². The van der Waals surface area contributed by atoms with Crippen LogP contribution in [0.15, 0.2) is 104 Å². The van der Waals surface area contributed by atoms with E-state index in [0.717, 1.165) is 73.5 Å². The van der Waals surface area contributed by atoms with E-state index in [4.69, 9.17) is 4.74 Å². The van der Waals surface area contributed by atoms with Crippen LogP contribution in [0.3, 0.4) is 0 Å². The average molecular weight is 568 g/mol. The van der Waals surface area contributed by atoms with Crippen molar-refractivity contribution >= 4 is 21.7 Å². The van der Waals surface area contributed by atoms with E-state index in [1.807, 2.05) is 30.9 Å². The number of ether oxygens (including phenoxy) is 1. The predicted molar refractivity (Wildman–Crippen MR) is 175 cm³/mol. The summed E-state index contributed by atoms with van der Waals surface area (Å²) in [6.07, 6.45) is 10.4. The Labute approximate surface area is 253 Å². The van der Waals surface area contributed by atoms with E-state index in [1.165, 1.54) is 33.0 Å². The molecule has 0 spiro atoms. The number of hydrogen-bond donors (Lipinski definition) is 1. The maximum Gasteiger partial charge on any atom is 0.127 e. The van der Waals surface area contributed by atoms with Gasteiger partial charge in [0.2, 0.25) is 0 Å². The standard InChI is InChI=1S/C37H37N5O/c1-2-41-17-19-42(20-18-41)26-28-8-11-32(34-25-40-36-13-16-39-24-35(34)36)37(22-28)43-21-14-27-6-9-30(10-7-27)31-5-3-4-29-12-15-38-23-33(29)31/h3-13,15-16,22-25,40H,2,14,17-21,26H2,1H3. The van der Waals surface area contributed by atoms with Gasteiger partial charge < -0.3 is 14.6 Å². The predicted octanol–water partition coefficient (Wildman–Crippen LogP) is 7.20. The molecule has 3 aromatic carbocycles. The number of benzene rings is 3. The molecule has 0 bridgehead atoms. The zero-order valence-electron chi connectivity index (χ0n) is 24.7. The number of fused-ring (bicyclic) bond motifs is 2. The molecule has 216 valence electrons. The highest BCUT2D eigenvalue weighted by Crippen LogP contribution is 2.36. The van der Waals surface area contributed by atoms with Crippen LogP contribution in [-0.4, -0.2) is 64.1 Å². The Kier molecular flexibility index (Phi) is 7.86. The van der Waals surface area contributed by atoms with E-state index < -0.39 is 0 Å². The zero-order valence-corrected chi connectivity index (χ0v) is 24.7. The minimum absolute atomic E-state index is 0.601. The summed E-state index contributed by atoms with van der Waals surface area (Å²) in [5.41, 5.74) is 8.25. The van der Waals surface area contributed by atoms with Crippen LogP contribution in [0.5, 0.6) is 5.75 Å². The molecule has 3 aromatic heterocycles. The van der Waals surface area contributed by atoms with Crippen molar-refractivity contribution in [2.45, 2.75) is 19.9 Å².